The Labute approximate surface area is 161 Å². The van der Waals surface area contributed by atoms with E-state index in [1.807, 2.05) is 49.8 Å². The predicted molar refractivity (Wildman–Crippen MR) is 110 cm³/mol. The summed E-state index contributed by atoms with van der Waals surface area (Å²) in [5.41, 5.74) is 3.57. The summed E-state index contributed by atoms with van der Waals surface area (Å²) in [6.45, 7) is 11.6. The molecule has 0 fully saturated rings. The molecule has 27 heavy (non-hydrogen) atoms. The molecule has 0 unspecified atom stereocenters. The molecular weight excluding hydrogens is 340 g/mol. The molecule has 0 aliphatic rings. The van der Waals surface area contributed by atoms with Crippen molar-refractivity contribution < 1.29 is 9.53 Å². The van der Waals surface area contributed by atoms with Crippen LogP contribution in [0.1, 0.15) is 30.8 Å². The number of hydrogen-bond donors (Lipinski definition) is 1. The number of aryl methyl sites for hydroxylation is 2. The van der Waals surface area contributed by atoms with Crippen molar-refractivity contribution in [1.82, 2.24) is 14.7 Å². The van der Waals surface area contributed by atoms with Gasteiger partial charge in [-0.05, 0) is 45.1 Å². The van der Waals surface area contributed by atoms with E-state index < -0.39 is 0 Å². The summed E-state index contributed by atoms with van der Waals surface area (Å²) < 4.78 is 7.69. The third-order valence-electron chi connectivity index (χ3n) is 4.67. The fourth-order valence-electron chi connectivity index (χ4n) is 2.88. The molecule has 1 amide bonds. The lowest BCUT2D eigenvalue weighted by atomic mass is 10.2. The van der Waals surface area contributed by atoms with E-state index in [2.05, 4.69) is 29.2 Å². The summed E-state index contributed by atoms with van der Waals surface area (Å²) in [6, 6.07) is 7.50. The number of rotatable bonds is 9. The van der Waals surface area contributed by atoms with E-state index in [-0.39, 0.29) is 5.91 Å². The van der Waals surface area contributed by atoms with Crippen molar-refractivity contribution in [2.75, 3.05) is 31.6 Å². The fraction of sp³-hybridized carbons (Fsp3) is 0.429. The summed E-state index contributed by atoms with van der Waals surface area (Å²) in [6.07, 6.45) is 3.33. The van der Waals surface area contributed by atoms with Crippen LogP contribution in [0.3, 0.4) is 0 Å². The minimum Gasteiger partial charge on any atom is -0.490 e. The van der Waals surface area contributed by atoms with Crippen LogP contribution in [0.15, 0.2) is 30.3 Å². The van der Waals surface area contributed by atoms with E-state index >= 15 is 0 Å². The molecule has 2 aromatic rings. The van der Waals surface area contributed by atoms with Crippen LogP contribution in [-0.4, -0.2) is 46.8 Å². The molecule has 2 rings (SSSR count). The smallest absolute Gasteiger partial charge is 0.248 e. The van der Waals surface area contributed by atoms with E-state index in [1.54, 1.807) is 6.08 Å². The lowest BCUT2D eigenvalue weighted by molar-refractivity contribution is -0.111. The van der Waals surface area contributed by atoms with Gasteiger partial charge in [-0.2, -0.15) is 5.10 Å². The zero-order chi connectivity index (χ0) is 19.8. The van der Waals surface area contributed by atoms with Crippen molar-refractivity contribution in [2.24, 2.45) is 7.05 Å². The normalized spacial score (nSPS) is 11.3. The molecule has 0 aliphatic carbocycles. The summed E-state index contributed by atoms with van der Waals surface area (Å²) in [7, 11) is 1.89. The number of anilines is 1. The maximum absolute atomic E-state index is 12.4. The van der Waals surface area contributed by atoms with Gasteiger partial charge in [-0.3, -0.25) is 9.48 Å². The second kappa shape index (κ2) is 9.92. The number of hydrogen-bond acceptors (Lipinski definition) is 4. The molecule has 1 heterocycles. The molecule has 0 bridgehead atoms. The van der Waals surface area contributed by atoms with Crippen molar-refractivity contribution in [3.8, 4) is 5.75 Å². The van der Waals surface area contributed by atoms with E-state index in [0.29, 0.717) is 18.0 Å². The lowest BCUT2D eigenvalue weighted by Crippen LogP contribution is -2.28. The maximum atomic E-state index is 12.4. The highest BCUT2D eigenvalue weighted by molar-refractivity contribution is 6.02. The van der Waals surface area contributed by atoms with Crippen molar-refractivity contribution in [3.63, 3.8) is 0 Å². The number of likely N-dealkylation sites (N-methyl/N-ethyl adjacent to an activating group) is 1. The molecular formula is C21H30N4O2. The molecule has 0 aliphatic heterocycles. The second-order valence-corrected chi connectivity index (χ2v) is 6.40. The van der Waals surface area contributed by atoms with Crippen molar-refractivity contribution in [1.29, 1.82) is 0 Å². The summed E-state index contributed by atoms with van der Waals surface area (Å²) in [4.78, 5) is 14.6. The van der Waals surface area contributed by atoms with Gasteiger partial charge in [-0.15, -0.1) is 0 Å². The molecule has 6 nitrogen and oxygen atoms in total. The molecule has 0 atom stereocenters. The Balaban J connectivity index is 2.00. The summed E-state index contributed by atoms with van der Waals surface area (Å²) in [5.74, 6) is 0.484. The van der Waals surface area contributed by atoms with Gasteiger partial charge in [0.05, 0.1) is 11.4 Å². The number of amides is 1. The Bertz CT molecular complexity index is 791. The Morgan fingerprint density at radius 2 is 1.96 bits per heavy atom. The zero-order valence-corrected chi connectivity index (χ0v) is 17.0. The van der Waals surface area contributed by atoms with Gasteiger partial charge >= 0.3 is 0 Å². The zero-order valence-electron chi connectivity index (χ0n) is 17.0. The van der Waals surface area contributed by atoms with Gasteiger partial charge in [0, 0.05) is 30.9 Å². The number of aromatic nitrogens is 2. The van der Waals surface area contributed by atoms with E-state index in [4.69, 9.17) is 4.74 Å². The van der Waals surface area contributed by atoms with Crippen LogP contribution in [0, 0.1) is 13.8 Å². The third-order valence-corrected chi connectivity index (χ3v) is 4.67. The number of carbonyl (C=O) groups excluding carboxylic acids is 1. The highest BCUT2D eigenvalue weighted by Crippen LogP contribution is 2.24. The van der Waals surface area contributed by atoms with Gasteiger partial charge in [-0.25, -0.2) is 0 Å². The van der Waals surface area contributed by atoms with Crippen LogP contribution >= 0.6 is 0 Å². The molecule has 0 saturated heterocycles. The first-order chi connectivity index (χ1) is 13.0. The van der Waals surface area contributed by atoms with Crippen LogP contribution in [0.4, 0.5) is 5.69 Å². The van der Waals surface area contributed by atoms with Gasteiger partial charge in [0.1, 0.15) is 12.4 Å². The van der Waals surface area contributed by atoms with Crippen LogP contribution in [0.2, 0.25) is 0 Å². The van der Waals surface area contributed by atoms with Crippen molar-refractivity contribution >= 4 is 17.7 Å². The first-order valence-corrected chi connectivity index (χ1v) is 9.39. The minimum atomic E-state index is -0.197. The van der Waals surface area contributed by atoms with Gasteiger partial charge in [0.2, 0.25) is 5.91 Å². The monoisotopic (exact) mass is 370 g/mol. The van der Waals surface area contributed by atoms with Crippen LogP contribution in [0.25, 0.3) is 6.08 Å². The lowest BCUT2D eigenvalue weighted by Gasteiger charge is -2.19. The number of nitrogens with zero attached hydrogens (tertiary/aromatic N) is 3. The number of para-hydroxylation sites is 2. The van der Waals surface area contributed by atoms with E-state index in [9.17, 15) is 4.79 Å². The third kappa shape index (κ3) is 5.69. The molecule has 146 valence electrons. The number of ether oxygens (including phenoxy) is 1. The quantitative estimate of drug-likeness (QED) is 0.687. The van der Waals surface area contributed by atoms with Crippen molar-refractivity contribution in [3.05, 3.63) is 47.3 Å². The first-order valence-electron chi connectivity index (χ1n) is 9.39. The predicted octanol–water partition coefficient (Wildman–Crippen LogP) is 3.41. The first kappa shape index (κ1) is 20.7. The summed E-state index contributed by atoms with van der Waals surface area (Å²) >= 11 is 0. The Kier molecular flexibility index (Phi) is 7.61. The van der Waals surface area contributed by atoms with E-state index in [1.165, 1.54) is 6.08 Å². The van der Waals surface area contributed by atoms with Gasteiger partial charge in [-0.1, -0.05) is 26.0 Å². The summed E-state index contributed by atoms with van der Waals surface area (Å²) in [5, 5.41) is 7.26. The van der Waals surface area contributed by atoms with Gasteiger partial charge < -0.3 is 15.0 Å². The average Bonchev–Trinajstić information content (AvgIpc) is 2.90. The number of carbonyl (C=O) groups is 1. The highest BCUT2D eigenvalue weighted by atomic mass is 16.5. The standard InChI is InChI=1S/C21H30N4O2/c1-6-25(7-2)14-15-27-20-11-9-8-10-19(20)22-21(26)13-12-18-16(3)23-24(5)17(18)4/h8-13H,6-7,14-15H2,1-5H3,(H,22,26)/b13-12+. The Morgan fingerprint density at radius 3 is 2.59 bits per heavy atom. The Morgan fingerprint density at radius 1 is 1.26 bits per heavy atom. The molecule has 0 radical (unpaired) electrons. The van der Waals surface area contributed by atoms with Crippen LogP contribution in [-0.2, 0) is 11.8 Å². The Hall–Kier alpha value is -2.60. The maximum Gasteiger partial charge on any atom is 0.248 e. The average molecular weight is 370 g/mol. The van der Waals surface area contributed by atoms with Gasteiger partial charge in [0.25, 0.3) is 0 Å². The molecule has 1 aromatic carbocycles. The molecule has 0 spiro atoms. The molecule has 6 heteroatoms. The number of benzene rings is 1. The SMILES string of the molecule is CCN(CC)CCOc1ccccc1NC(=O)/C=C/c1c(C)nn(C)c1C. The minimum absolute atomic E-state index is 0.197. The second-order valence-electron chi connectivity index (χ2n) is 6.40. The highest BCUT2D eigenvalue weighted by Gasteiger charge is 2.09. The largest absolute Gasteiger partial charge is 0.490 e. The van der Waals surface area contributed by atoms with Crippen LogP contribution in [0.5, 0.6) is 5.75 Å². The van der Waals surface area contributed by atoms with Crippen LogP contribution < -0.4 is 10.1 Å². The van der Waals surface area contributed by atoms with E-state index in [0.717, 1.165) is 36.6 Å². The number of nitrogens with one attached hydrogen (secondary N) is 1. The fourth-order valence-corrected chi connectivity index (χ4v) is 2.88. The molecule has 1 N–H and O–H groups in total. The topological polar surface area (TPSA) is 59.4 Å². The van der Waals surface area contributed by atoms with Crippen molar-refractivity contribution in [2.45, 2.75) is 27.7 Å². The molecule has 1 aromatic heterocycles. The molecule has 0 saturated carbocycles. The van der Waals surface area contributed by atoms with Gasteiger partial charge in [0.15, 0.2) is 0 Å².